The maximum atomic E-state index is 13.1. The van der Waals surface area contributed by atoms with Crippen molar-refractivity contribution in [1.82, 2.24) is 9.88 Å². The Hall–Kier alpha value is -2.13. The average molecular weight is 466 g/mol. The predicted molar refractivity (Wildman–Crippen MR) is 120 cm³/mol. The molecule has 0 fully saturated rings. The molecule has 0 atom stereocenters. The zero-order valence-electron chi connectivity index (χ0n) is 19.8. The summed E-state index contributed by atoms with van der Waals surface area (Å²) in [5.74, 6) is -2.31. The van der Waals surface area contributed by atoms with Crippen molar-refractivity contribution in [3.05, 3.63) is 22.6 Å². The molecule has 31 heavy (non-hydrogen) atoms. The summed E-state index contributed by atoms with van der Waals surface area (Å²) >= 11 is 5.50. The summed E-state index contributed by atoms with van der Waals surface area (Å²) in [4.78, 5) is 27.2. The van der Waals surface area contributed by atoms with Gasteiger partial charge in [0.15, 0.2) is 11.0 Å². The molecule has 0 saturated heterocycles. The molecule has 8 nitrogen and oxygen atoms in total. The maximum absolute atomic E-state index is 13.1. The summed E-state index contributed by atoms with van der Waals surface area (Å²) in [5.41, 5.74) is 4.53. The average Bonchev–Trinajstić information content (AvgIpc) is 2.69. The molecule has 0 aliphatic heterocycles. The maximum Gasteiger partial charge on any atom is 0.410 e. The summed E-state index contributed by atoms with van der Waals surface area (Å²) in [6.45, 7) is 14.3. The molecular formula is C21H37ClFN3O5. The fraction of sp³-hybridized carbons (Fsp3) is 0.667. The van der Waals surface area contributed by atoms with Gasteiger partial charge in [0, 0.05) is 20.1 Å². The van der Waals surface area contributed by atoms with Gasteiger partial charge in [0.05, 0.1) is 6.10 Å². The van der Waals surface area contributed by atoms with Gasteiger partial charge in [0.25, 0.3) is 0 Å². The van der Waals surface area contributed by atoms with E-state index >= 15 is 0 Å². The van der Waals surface area contributed by atoms with Crippen molar-refractivity contribution in [3.63, 3.8) is 0 Å². The van der Waals surface area contributed by atoms with Gasteiger partial charge < -0.3 is 25.2 Å². The lowest BCUT2D eigenvalue weighted by Gasteiger charge is -2.24. The molecule has 0 spiro atoms. The minimum Gasteiger partial charge on any atom is -0.477 e. The van der Waals surface area contributed by atoms with Gasteiger partial charge in [-0.3, -0.25) is 0 Å². The van der Waals surface area contributed by atoms with E-state index < -0.39 is 22.5 Å². The van der Waals surface area contributed by atoms with Crippen molar-refractivity contribution in [2.45, 2.75) is 73.0 Å². The van der Waals surface area contributed by atoms with Crippen molar-refractivity contribution < 1.29 is 28.6 Å². The van der Waals surface area contributed by atoms with Crippen molar-refractivity contribution in [2.75, 3.05) is 20.1 Å². The molecule has 0 aromatic carbocycles. The summed E-state index contributed by atoms with van der Waals surface area (Å²) < 4.78 is 23.6. The number of aromatic carboxylic acids is 1. The van der Waals surface area contributed by atoms with Crippen LogP contribution in [0.1, 0.15) is 71.7 Å². The highest BCUT2D eigenvalue weighted by molar-refractivity contribution is 6.29. The number of carbonyl (C=O) groups is 2. The van der Waals surface area contributed by atoms with Crippen LogP contribution in [0.15, 0.2) is 6.07 Å². The molecule has 1 rings (SSSR count). The van der Waals surface area contributed by atoms with E-state index in [1.807, 2.05) is 48.5 Å². The van der Waals surface area contributed by atoms with E-state index in [2.05, 4.69) is 4.98 Å². The monoisotopic (exact) mass is 465 g/mol. The van der Waals surface area contributed by atoms with Crippen molar-refractivity contribution >= 4 is 23.7 Å². The number of ether oxygens (including phenoxy) is 2. The van der Waals surface area contributed by atoms with Gasteiger partial charge in [-0.05, 0) is 39.7 Å². The second-order valence-corrected chi connectivity index (χ2v) is 7.52. The van der Waals surface area contributed by atoms with Crippen LogP contribution in [0.2, 0.25) is 5.15 Å². The van der Waals surface area contributed by atoms with Gasteiger partial charge in [0.1, 0.15) is 11.2 Å². The summed E-state index contributed by atoms with van der Waals surface area (Å²) in [6, 6.07) is 0.815. The Labute approximate surface area is 189 Å². The van der Waals surface area contributed by atoms with Crippen LogP contribution in [0, 0.1) is 5.82 Å². The Morgan fingerprint density at radius 1 is 1.29 bits per heavy atom. The van der Waals surface area contributed by atoms with E-state index in [-0.39, 0.29) is 23.6 Å². The number of nitrogens with zero attached hydrogens (tertiary/aromatic N) is 2. The lowest BCUT2D eigenvalue weighted by Crippen LogP contribution is -2.36. The van der Waals surface area contributed by atoms with Gasteiger partial charge in [-0.15, -0.1) is 0 Å². The summed E-state index contributed by atoms with van der Waals surface area (Å²) in [5, 5.41) is 8.52. The number of hydrogen-bond donors (Lipinski definition) is 2. The lowest BCUT2D eigenvalue weighted by molar-refractivity contribution is 0.0303. The summed E-state index contributed by atoms with van der Waals surface area (Å²) in [6.07, 6.45) is 0.911. The Morgan fingerprint density at radius 2 is 1.81 bits per heavy atom. The van der Waals surface area contributed by atoms with Crippen molar-refractivity contribution in [2.24, 2.45) is 5.73 Å². The molecule has 0 aliphatic rings. The van der Waals surface area contributed by atoms with E-state index in [0.29, 0.717) is 25.9 Å². The van der Waals surface area contributed by atoms with Crippen LogP contribution < -0.4 is 10.5 Å². The number of amides is 1. The van der Waals surface area contributed by atoms with Crippen LogP contribution in [0.5, 0.6) is 5.88 Å². The molecule has 10 heteroatoms. The number of carboxylic acid groups (broad SMARTS) is 1. The predicted octanol–water partition coefficient (Wildman–Crippen LogP) is 4.98. The zero-order valence-corrected chi connectivity index (χ0v) is 20.5. The van der Waals surface area contributed by atoms with Crippen molar-refractivity contribution in [3.8, 4) is 5.88 Å². The number of rotatable bonds is 7. The largest absolute Gasteiger partial charge is 0.477 e. The van der Waals surface area contributed by atoms with Crippen LogP contribution >= 0.6 is 11.6 Å². The molecule has 0 aliphatic carbocycles. The number of aromatic nitrogens is 1. The molecular weight excluding hydrogens is 429 g/mol. The van der Waals surface area contributed by atoms with E-state index in [9.17, 15) is 14.0 Å². The SMILES string of the molecule is CC.CCC(CC)Oc1nc(Cl)c(F)cc1C(=O)O.CN(CCN)C(=O)OC(C)(C)C. The highest BCUT2D eigenvalue weighted by Crippen LogP contribution is 2.24. The second-order valence-electron chi connectivity index (χ2n) is 7.17. The highest BCUT2D eigenvalue weighted by atomic mass is 35.5. The van der Waals surface area contributed by atoms with Gasteiger partial charge in [-0.2, -0.15) is 4.98 Å². The Kier molecular flexibility index (Phi) is 15.7. The Bertz CT molecular complexity index is 680. The zero-order chi connectivity index (χ0) is 24.8. The summed E-state index contributed by atoms with van der Waals surface area (Å²) in [7, 11) is 1.67. The van der Waals surface area contributed by atoms with E-state index in [0.717, 1.165) is 6.07 Å². The minimum atomic E-state index is -1.30. The number of halogens is 2. The molecule has 3 N–H and O–H groups in total. The number of carboxylic acids is 1. The standard InChI is InChI=1S/C11H13ClFNO3.C8H18N2O2.C2H6/c1-3-6(4-2)17-10-7(11(15)16)5-8(13)9(12)14-10;1-8(2,3)12-7(11)10(4)6-5-9;1-2/h5-6H,3-4H2,1-2H3,(H,15,16);5-6,9H2,1-4H3;1-2H3. The molecule has 0 unspecified atom stereocenters. The third-order valence-electron chi connectivity index (χ3n) is 3.49. The van der Waals surface area contributed by atoms with E-state index in [1.165, 1.54) is 4.90 Å². The number of nitrogens with two attached hydrogens (primary N) is 1. The van der Waals surface area contributed by atoms with Gasteiger partial charge in [0.2, 0.25) is 5.88 Å². The second kappa shape index (κ2) is 15.6. The van der Waals surface area contributed by atoms with E-state index in [4.69, 9.17) is 31.9 Å². The van der Waals surface area contributed by atoms with Gasteiger partial charge in [-0.1, -0.05) is 39.3 Å². The molecule has 0 saturated carbocycles. The van der Waals surface area contributed by atoms with Gasteiger partial charge in [-0.25, -0.2) is 14.0 Å². The molecule has 1 aromatic rings. The number of carbonyl (C=O) groups excluding carboxylic acids is 1. The fourth-order valence-electron chi connectivity index (χ4n) is 1.93. The molecule has 180 valence electrons. The smallest absolute Gasteiger partial charge is 0.410 e. The number of pyridine rings is 1. The molecule has 0 radical (unpaired) electrons. The van der Waals surface area contributed by atoms with Crippen LogP contribution in [0.25, 0.3) is 0 Å². The normalized spacial score (nSPS) is 10.3. The third kappa shape index (κ3) is 13.0. The molecule has 1 heterocycles. The van der Waals surface area contributed by atoms with Gasteiger partial charge >= 0.3 is 12.1 Å². The van der Waals surface area contributed by atoms with Crippen LogP contribution in [-0.4, -0.2) is 58.9 Å². The van der Waals surface area contributed by atoms with E-state index in [1.54, 1.807) is 7.05 Å². The first-order valence-electron chi connectivity index (χ1n) is 10.3. The molecule has 0 bridgehead atoms. The first-order chi connectivity index (χ1) is 14.4. The molecule has 1 amide bonds. The quantitative estimate of drug-likeness (QED) is 0.545. The number of hydrogen-bond acceptors (Lipinski definition) is 6. The van der Waals surface area contributed by atoms with Crippen LogP contribution in [0.4, 0.5) is 9.18 Å². The molecule has 1 aromatic heterocycles. The highest BCUT2D eigenvalue weighted by Gasteiger charge is 2.20. The van der Waals surface area contributed by atoms with Crippen molar-refractivity contribution in [1.29, 1.82) is 0 Å². The number of likely N-dealkylation sites (N-methyl/N-ethyl adjacent to an activating group) is 1. The fourth-order valence-corrected chi connectivity index (χ4v) is 2.06. The Morgan fingerprint density at radius 3 is 2.19 bits per heavy atom. The third-order valence-corrected chi connectivity index (χ3v) is 3.75. The topological polar surface area (TPSA) is 115 Å². The first-order valence-corrected chi connectivity index (χ1v) is 10.6. The lowest BCUT2D eigenvalue weighted by atomic mass is 10.2. The minimum absolute atomic E-state index is 0.141. The Balaban J connectivity index is 0. The van der Waals surface area contributed by atoms with Crippen LogP contribution in [-0.2, 0) is 4.74 Å². The first kappa shape index (κ1) is 31.1. The van der Waals surface area contributed by atoms with Crippen LogP contribution in [0.3, 0.4) is 0 Å².